The Labute approximate surface area is 122 Å². The van der Waals surface area contributed by atoms with E-state index < -0.39 is 0 Å². The molecule has 20 heavy (non-hydrogen) atoms. The lowest BCUT2D eigenvalue weighted by atomic mass is 10.1. The largest absolute Gasteiger partial charge is 0.366 e. The zero-order chi connectivity index (χ0) is 13.9. The standard InChI is InChI=1S/C16H17N3S/c1-11-9-20-15-14(11)17-10-18-16(15)19-12(2)8-13-6-4-3-5-7-13/h3-7,9-10,12H,8H2,1-2H3,(H,17,18,19). The lowest BCUT2D eigenvalue weighted by molar-refractivity contribution is 0.786. The highest BCUT2D eigenvalue weighted by atomic mass is 32.1. The SMILES string of the molecule is Cc1csc2c(NC(C)Cc3ccccc3)ncnc12. The molecule has 1 aromatic carbocycles. The molecule has 1 atom stereocenters. The monoisotopic (exact) mass is 283 g/mol. The Morgan fingerprint density at radius 3 is 2.80 bits per heavy atom. The molecule has 102 valence electrons. The number of hydrogen-bond donors (Lipinski definition) is 1. The second-order valence-electron chi connectivity index (χ2n) is 5.05. The summed E-state index contributed by atoms with van der Waals surface area (Å²) in [7, 11) is 0. The highest BCUT2D eigenvalue weighted by Crippen LogP contribution is 2.28. The summed E-state index contributed by atoms with van der Waals surface area (Å²) in [5, 5.41) is 5.64. The van der Waals surface area contributed by atoms with Crippen LogP contribution in [-0.4, -0.2) is 16.0 Å². The fourth-order valence-electron chi connectivity index (χ4n) is 2.32. The van der Waals surface area contributed by atoms with Crippen LogP contribution in [0.2, 0.25) is 0 Å². The zero-order valence-corrected chi connectivity index (χ0v) is 12.4. The molecule has 0 amide bonds. The Morgan fingerprint density at radius 2 is 2.00 bits per heavy atom. The summed E-state index contributed by atoms with van der Waals surface area (Å²) >= 11 is 1.70. The van der Waals surface area contributed by atoms with Gasteiger partial charge in [-0.1, -0.05) is 30.3 Å². The van der Waals surface area contributed by atoms with Crippen molar-refractivity contribution in [2.45, 2.75) is 26.3 Å². The number of nitrogens with zero attached hydrogens (tertiary/aromatic N) is 2. The van der Waals surface area contributed by atoms with Crippen molar-refractivity contribution < 1.29 is 0 Å². The molecule has 4 heteroatoms. The van der Waals surface area contributed by atoms with Crippen LogP contribution in [0.1, 0.15) is 18.1 Å². The summed E-state index contributed by atoms with van der Waals surface area (Å²) < 4.78 is 1.14. The molecule has 2 heterocycles. The third-order valence-corrected chi connectivity index (χ3v) is 4.39. The molecule has 0 saturated heterocycles. The molecule has 1 N–H and O–H groups in total. The van der Waals surface area contributed by atoms with Gasteiger partial charge in [0.2, 0.25) is 0 Å². The van der Waals surface area contributed by atoms with E-state index >= 15 is 0 Å². The third-order valence-electron chi connectivity index (χ3n) is 3.30. The van der Waals surface area contributed by atoms with E-state index in [0.717, 1.165) is 22.5 Å². The van der Waals surface area contributed by atoms with E-state index in [1.165, 1.54) is 11.1 Å². The molecular formula is C16H17N3S. The molecule has 0 spiro atoms. The smallest absolute Gasteiger partial charge is 0.147 e. The zero-order valence-electron chi connectivity index (χ0n) is 11.6. The van der Waals surface area contributed by atoms with Gasteiger partial charge in [0.1, 0.15) is 12.1 Å². The van der Waals surface area contributed by atoms with Crippen molar-refractivity contribution in [3.63, 3.8) is 0 Å². The summed E-state index contributed by atoms with van der Waals surface area (Å²) in [6.45, 7) is 4.27. The van der Waals surface area contributed by atoms with Crippen molar-refractivity contribution in [3.8, 4) is 0 Å². The average Bonchev–Trinajstić information content (AvgIpc) is 2.83. The molecule has 3 aromatic rings. The molecule has 1 unspecified atom stereocenters. The van der Waals surface area contributed by atoms with Gasteiger partial charge in [0, 0.05) is 6.04 Å². The van der Waals surface area contributed by atoms with Crippen LogP contribution in [-0.2, 0) is 6.42 Å². The van der Waals surface area contributed by atoms with Crippen molar-refractivity contribution in [3.05, 3.63) is 53.2 Å². The van der Waals surface area contributed by atoms with Crippen LogP contribution in [0.5, 0.6) is 0 Å². The van der Waals surface area contributed by atoms with Gasteiger partial charge in [0.15, 0.2) is 0 Å². The Kier molecular flexibility index (Phi) is 3.65. The van der Waals surface area contributed by atoms with Gasteiger partial charge in [0.05, 0.1) is 10.2 Å². The van der Waals surface area contributed by atoms with E-state index in [9.17, 15) is 0 Å². The van der Waals surface area contributed by atoms with Crippen molar-refractivity contribution in [1.82, 2.24) is 9.97 Å². The number of anilines is 1. The van der Waals surface area contributed by atoms with Crippen LogP contribution in [0.25, 0.3) is 10.2 Å². The van der Waals surface area contributed by atoms with Gasteiger partial charge in [0.25, 0.3) is 0 Å². The van der Waals surface area contributed by atoms with E-state index in [4.69, 9.17) is 0 Å². The number of aryl methyl sites for hydroxylation is 1. The minimum absolute atomic E-state index is 0.331. The van der Waals surface area contributed by atoms with E-state index in [-0.39, 0.29) is 0 Å². The predicted octanol–water partition coefficient (Wildman–Crippen LogP) is 4.04. The third kappa shape index (κ3) is 2.65. The number of nitrogens with one attached hydrogen (secondary N) is 1. The molecular weight excluding hydrogens is 266 g/mol. The van der Waals surface area contributed by atoms with Crippen molar-refractivity contribution in [1.29, 1.82) is 0 Å². The van der Waals surface area contributed by atoms with Gasteiger partial charge in [-0.15, -0.1) is 11.3 Å². The fourth-order valence-corrected chi connectivity index (χ4v) is 3.28. The van der Waals surface area contributed by atoms with Gasteiger partial charge >= 0.3 is 0 Å². The van der Waals surface area contributed by atoms with Gasteiger partial charge in [-0.2, -0.15) is 0 Å². The molecule has 3 rings (SSSR count). The van der Waals surface area contributed by atoms with Gasteiger partial charge in [-0.3, -0.25) is 0 Å². The molecule has 0 radical (unpaired) electrons. The van der Waals surface area contributed by atoms with Crippen LogP contribution in [0.3, 0.4) is 0 Å². The summed E-state index contributed by atoms with van der Waals surface area (Å²) in [5.74, 6) is 0.941. The Bertz CT molecular complexity index is 706. The molecule has 0 aliphatic rings. The number of fused-ring (bicyclic) bond motifs is 1. The highest BCUT2D eigenvalue weighted by Gasteiger charge is 2.10. The van der Waals surface area contributed by atoms with Crippen LogP contribution >= 0.6 is 11.3 Å². The fraction of sp³-hybridized carbons (Fsp3) is 0.250. The van der Waals surface area contributed by atoms with Crippen LogP contribution in [0.4, 0.5) is 5.82 Å². The summed E-state index contributed by atoms with van der Waals surface area (Å²) in [6, 6.07) is 10.8. The molecule has 0 aliphatic carbocycles. The van der Waals surface area contributed by atoms with E-state index in [0.29, 0.717) is 6.04 Å². The number of rotatable bonds is 4. The molecule has 0 fully saturated rings. The van der Waals surface area contributed by atoms with Crippen LogP contribution in [0.15, 0.2) is 42.0 Å². The molecule has 0 bridgehead atoms. The Balaban J connectivity index is 1.79. The maximum atomic E-state index is 4.39. The Hall–Kier alpha value is -1.94. The predicted molar refractivity (Wildman–Crippen MR) is 85.4 cm³/mol. The quantitative estimate of drug-likeness (QED) is 0.785. The van der Waals surface area contributed by atoms with Crippen molar-refractivity contribution in [2.75, 3.05) is 5.32 Å². The van der Waals surface area contributed by atoms with Gasteiger partial charge < -0.3 is 5.32 Å². The number of hydrogen-bond acceptors (Lipinski definition) is 4. The topological polar surface area (TPSA) is 37.8 Å². The van der Waals surface area contributed by atoms with Crippen molar-refractivity contribution in [2.24, 2.45) is 0 Å². The average molecular weight is 283 g/mol. The first-order valence-corrected chi connectivity index (χ1v) is 7.61. The number of benzene rings is 1. The first-order chi connectivity index (χ1) is 9.74. The van der Waals surface area contributed by atoms with Crippen LogP contribution in [0, 0.1) is 6.92 Å². The second kappa shape index (κ2) is 5.59. The Morgan fingerprint density at radius 1 is 1.20 bits per heavy atom. The lowest BCUT2D eigenvalue weighted by Gasteiger charge is -2.14. The molecule has 3 nitrogen and oxygen atoms in total. The van der Waals surface area contributed by atoms with Gasteiger partial charge in [-0.25, -0.2) is 9.97 Å². The normalized spacial score (nSPS) is 12.5. The first-order valence-electron chi connectivity index (χ1n) is 6.73. The van der Waals surface area contributed by atoms with E-state index in [1.54, 1.807) is 17.7 Å². The van der Waals surface area contributed by atoms with E-state index in [1.807, 2.05) is 6.07 Å². The first kappa shape index (κ1) is 13.1. The van der Waals surface area contributed by atoms with Crippen molar-refractivity contribution >= 4 is 27.4 Å². The maximum absolute atomic E-state index is 4.39. The lowest BCUT2D eigenvalue weighted by Crippen LogP contribution is -2.18. The number of aromatic nitrogens is 2. The highest BCUT2D eigenvalue weighted by molar-refractivity contribution is 7.18. The summed E-state index contributed by atoms with van der Waals surface area (Å²) in [6.07, 6.45) is 2.62. The second-order valence-corrected chi connectivity index (χ2v) is 5.93. The molecule has 0 saturated carbocycles. The van der Waals surface area contributed by atoms with Gasteiger partial charge in [-0.05, 0) is 36.8 Å². The minimum atomic E-state index is 0.331. The minimum Gasteiger partial charge on any atom is -0.366 e. The maximum Gasteiger partial charge on any atom is 0.147 e. The van der Waals surface area contributed by atoms with E-state index in [2.05, 4.69) is 58.8 Å². The molecule has 2 aromatic heterocycles. The summed E-state index contributed by atoms with van der Waals surface area (Å²) in [5.41, 5.74) is 3.60. The van der Waals surface area contributed by atoms with Crippen LogP contribution < -0.4 is 5.32 Å². The molecule has 0 aliphatic heterocycles. The number of thiophene rings is 1. The summed E-state index contributed by atoms with van der Waals surface area (Å²) in [4.78, 5) is 8.74.